The van der Waals surface area contributed by atoms with Crippen LogP contribution in [0, 0.1) is 12.8 Å². The number of fused-ring (bicyclic) bond motifs is 1. The highest BCUT2D eigenvalue weighted by molar-refractivity contribution is 7.82. The third-order valence-electron chi connectivity index (χ3n) is 7.38. The Bertz CT molecular complexity index is 1660. The SMILES string of the molecule is C=C1CN(S(=O)c2ccc(C)cc2)[C@@H](c2ccnc3ccccc23)[C@@H]1C(=O)N(c1ccccc1)c1ccccc1. The molecular weight excluding hydrogens is 514 g/mol. The first-order valence-corrected chi connectivity index (χ1v) is 14.3. The van der Waals surface area contributed by atoms with Crippen molar-refractivity contribution in [2.45, 2.75) is 17.9 Å². The van der Waals surface area contributed by atoms with Crippen molar-refractivity contribution in [1.29, 1.82) is 0 Å². The number of para-hydroxylation sites is 3. The number of carbonyl (C=O) groups is 1. The summed E-state index contributed by atoms with van der Waals surface area (Å²) in [6.45, 7) is 6.72. The second-order valence-electron chi connectivity index (χ2n) is 9.98. The van der Waals surface area contributed by atoms with Gasteiger partial charge in [-0.05, 0) is 66.6 Å². The quantitative estimate of drug-likeness (QED) is 0.214. The molecule has 1 unspecified atom stereocenters. The number of nitrogens with zero attached hydrogens (tertiary/aromatic N) is 3. The van der Waals surface area contributed by atoms with Crippen molar-refractivity contribution < 1.29 is 9.00 Å². The molecule has 0 saturated carbocycles. The van der Waals surface area contributed by atoms with Gasteiger partial charge in [0.2, 0.25) is 5.91 Å². The molecule has 2 heterocycles. The molecule has 1 aliphatic rings. The Morgan fingerprint density at radius 3 is 2.10 bits per heavy atom. The van der Waals surface area contributed by atoms with E-state index in [4.69, 9.17) is 0 Å². The van der Waals surface area contributed by atoms with Gasteiger partial charge in [0, 0.05) is 29.5 Å². The summed E-state index contributed by atoms with van der Waals surface area (Å²) in [5, 5.41) is 0.930. The van der Waals surface area contributed by atoms with Gasteiger partial charge in [-0.15, -0.1) is 0 Å². The molecule has 1 amide bonds. The number of aryl methyl sites for hydroxylation is 1. The lowest BCUT2D eigenvalue weighted by molar-refractivity contribution is -0.121. The summed E-state index contributed by atoms with van der Waals surface area (Å²) in [5.74, 6) is -0.752. The van der Waals surface area contributed by atoms with Crippen LogP contribution in [0.15, 0.2) is 139 Å². The van der Waals surface area contributed by atoms with Gasteiger partial charge >= 0.3 is 0 Å². The minimum absolute atomic E-state index is 0.114. The standard InChI is InChI=1S/C34H29N3O2S/c1-24-17-19-28(20-18-24)40(39)36-23-25(2)32(33(36)30-21-22-35-31-16-10-9-15-29(30)31)34(38)37(26-11-5-3-6-12-26)27-13-7-4-8-14-27/h3-22,32-33H,2,23H2,1H3/t32-,33+,40?/m1/s1. The second kappa shape index (κ2) is 11.0. The first-order chi connectivity index (χ1) is 19.5. The molecule has 40 heavy (non-hydrogen) atoms. The van der Waals surface area contributed by atoms with Crippen molar-refractivity contribution in [3.8, 4) is 0 Å². The molecule has 0 aliphatic carbocycles. The number of benzene rings is 4. The van der Waals surface area contributed by atoms with Gasteiger partial charge in [-0.25, -0.2) is 8.51 Å². The van der Waals surface area contributed by atoms with E-state index in [0.29, 0.717) is 11.4 Å². The number of aromatic nitrogens is 1. The summed E-state index contributed by atoms with van der Waals surface area (Å²) in [7, 11) is -1.52. The molecule has 1 saturated heterocycles. The molecule has 0 bridgehead atoms. The van der Waals surface area contributed by atoms with E-state index in [9.17, 15) is 9.00 Å². The van der Waals surface area contributed by atoms with Gasteiger partial charge in [0.25, 0.3) is 0 Å². The van der Waals surface area contributed by atoms with E-state index < -0.39 is 22.9 Å². The predicted octanol–water partition coefficient (Wildman–Crippen LogP) is 7.16. The Morgan fingerprint density at radius 1 is 0.850 bits per heavy atom. The van der Waals surface area contributed by atoms with Crippen molar-refractivity contribution in [2.75, 3.05) is 11.4 Å². The van der Waals surface area contributed by atoms with Crippen molar-refractivity contribution in [1.82, 2.24) is 9.29 Å². The number of hydrogen-bond acceptors (Lipinski definition) is 3. The van der Waals surface area contributed by atoms with Gasteiger partial charge in [-0.1, -0.05) is 78.9 Å². The Morgan fingerprint density at radius 2 is 1.45 bits per heavy atom. The lowest BCUT2D eigenvalue weighted by atomic mass is 9.88. The van der Waals surface area contributed by atoms with Gasteiger partial charge < -0.3 is 0 Å². The highest BCUT2D eigenvalue weighted by Gasteiger charge is 2.47. The van der Waals surface area contributed by atoms with Crippen LogP contribution in [-0.2, 0) is 15.8 Å². The minimum atomic E-state index is -1.52. The van der Waals surface area contributed by atoms with Crippen LogP contribution in [0.5, 0.6) is 0 Å². The minimum Gasteiger partial charge on any atom is -0.280 e. The smallest absolute Gasteiger partial charge is 0.240 e. The molecule has 1 fully saturated rings. The van der Waals surface area contributed by atoms with Crippen LogP contribution in [0.3, 0.4) is 0 Å². The summed E-state index contributed by atoms with van der Waals surface area (Å²) >= 11 is 0. The van der Waals surface area contributed by atoms with Gasteiger partial charge in [0.15, 0.2) is 0 Å². The number of carbonyl (C=O) groups excluding carboxylic acids is 1. The highest BCUT2D eigenvalue weighted by atomic mass is 32.2. The number of anilines is 2. The van der Waals surface area contributed by atoms with E-state index in [1.807, 2.05) is 126 Å². The van der Waals surface area contributed by atoms with Gasteiger partial charge in [-0.2, -0.15) is 0 Å². The first kappa shape index (κ1) is 25.9. The third kappa shape index (κ3) is 4.76. The Hall–Kier alpha value is -4.39. The molecule has 5 aromatic rings. The fourth-order valence-electron chi connectivity index (χ4n) is 5.46. The molecular formula is C34H29N3O2S. The maximum Gasteiger partial charge on any atom is 0.240 e. The molecule has 5 nitrogen and oxygen atoms in total. The Balaban J connectivity index is 1.51. The molecule has 1 aromatic heterocycles. The number of rotatable bonds is 6. The average molecular weight is 544 g/mol. The molecule has 3 atom stereocenters. The summed E-state index contributed by atoms with van der Waals surface area (Å²) < 4.78 is 16.1. The maximum absolute atomic E-state index is 14.7. The predicted molar refractivity (Wildman–Crippen MR) is 161 cm³/mol. The van der Waals surface area contributed by atoms with E-state index in [1.54, 1.807) is 11.1 Å². The van der Waals surface area contributed by atoms with Crippen LogP contribution in [-0.4, -0.2) is 26.0 Å². The highest BCUT2D eigenvalue weighted by Crippen LogP contribution is 2.46. The van der Waals surface area contributed by atoms with E-state index in [0.717, 1.165) is 39.0 Å². The zero-order valence-corrected chi connectivity index (χ0v) is 23.0. The normalized spacial score (nSPS) is 18.1. The lowest BCUT2D eigenvalue weighted by Gasteiger charge is -2.31. The number of pyridine rings is 1. The molecule has 1 aliphatic heterocycles. The van der Waals surface area contributed by atoms with Crippen molar-refractivity contribution >= 4 is 39.2 Å². The van der Waals surface area contributed by atoms with Crippen LogP contribution in [0.25, 0.3) is 10.9 Å². The summed E-state index contributed by atoms with van der Waals surface area (Å²) in [6, 6.07) is 36.3. The van der Waals surface area contributed by atoms with E-state index in [1.165, 1.54) is 0 Å². The van der Waals surface area contributed by atoms with Gasteiger partial charge in [-0.3, -0.25) is 14.7 Å². The molecule has 4 aromatic carbocycles. The van der Waals surface area contributed by atoms with Crippen molar-refractivity contribution in [2.24, 2.45) is 5.92 Å². The Labute approximate surface area is 237 Å². The molecule has 6 rings (SSSR count). The lowest BCUT2D eigenvalue weighted by Crippen LogP contribution is -2.37. The zero-order chi connectivity index (χ0) is 27.6. The summed E-state index contributed by atoms with van der Waals surface area (Å²) in [4.78, 5) is 21.8. The topological polar surface area (TPSA) is 53.5 Å². The average Bonchev–Trinajstić information content (AvgIpc) is 3.34. The van der Waals surface area contributed by atoms with E-state index in [-0.39, 0.29) is 5.91 Å². The molecule has 0 spiro atoms. The van der Waals surface area contributed by atoms with Gasteiger partial charge in [0.05, 0.1) is 22.4 Å². The Kier molecular flexibility index (Phi) is 7.11. The summed E-state index contributed by atoms with van der Waals surface area (Å²) in [5.41, 5.74) is 5.09. The molecule has 198 valence electrons. The first-order valence-electron chi connectivity index (χ1n) is 13.2. The van der Waals surface area contributed by atoms with Crippen LogP contribution >= 0.6 is 0 Å². The van der Waals surface area contributed by atoms with E-state index in [2.05, 4.69) is 11.6 Å². The van der Waals surface area contributed by atoms with Crippen LogP contribution in [0.1, 0.15) is 17.2 Å². The van der Waals surface area contributed by atoms with Crippen LogP contribution in [0.4, 0.5) is 11.4 Å². The largest absolute Gasteiger partial charge is 0.280 e. The van der Waals surface area contributed by atoms with Crippen LogP contribution in [0.2, 0.25) is 0 Å². The van der Waals surface area contributed by atoms with E-state index >= 15 is 0 Å². The van der Waals surface area contributed by atoms with Gasteiger partial charge in [0.1, 0.15) is 11.0 Å². The fraction of sp³-hybridized carbons (Fsp3) is 0.118. The molecule has 0 radical (unpaired) electrons. The zero-order valence-electron chi connectivity index (χ0n) is 22.2. The second-order valence-corrected chi connectivity index (χ2v) is 11.4. The monoisotopic (exact) mass is 543 g/mol. The maximum atomic E-state index is 14.7. The van der Waals surface area contributed by atoms with Crippen molar-refractivity contribution in [3.05, 3.63) is 145 Å². The van der Waals surface area contributed by atoms with Crippen LogP contribution < -0.4 is 4.90 Å². The molecule has 0 N–H and O–H groups in total. The third-order valence-corrected chi connectivity index (χ3v) is 8.83. The molecule has 6 heteroatoms. The summed E-state index contributed by atoms with van der Waals surface area (Å²) in [6.07, 6.45) is 1.76. The van der Waals surface area contributed by atoms with Crippen molar-refractivity contribution in [3.63, 3.8) is 0 Å². The fourth-order valence-corrected chi connectivity index (χ4v) is 6.82. The number of hydrogen-bond donors (Lipinski definition) is 0. The number of amides is 1.